The summed E-state index contributed by atoms with van der Waals surface area (Å²) < 4.78 is 38.3. The van der Waals surface area contributed by atoms with Crippen LogP contribution in [0.15, 0.2) is 47.4 Å². The van der Waals surface area contributed by atoms with Gasteiger partial charge in [-0.05, 0) is 62.1 Å². The Balaban J connectivity index is 1.82. The van der Waals surface area contributed by atoms with Crippen molar-refractivity contribution in [2.24, 2.45) is 0 Å². The van der Waals surface area contributed by atoms with E-state index in [0.717, 1.165) is 29.7 Å². The molecule has 3 rings (SSSR count). The lowest BCUT2D eigenvalue weighted by Crippen LogP contribution is -2.44. The fourth-order valence-corrected chi connectivity index (χ4v) is 5.10. The molecule has 1 amide bonds. The van der Waals surface area contributed by atoms with E-state index in [9.17, 15) is 13.2 Å². The number of carbonyl (C=O) groups is 1. The van der Waals surface area contributed by atoms with Gasteiger partial charge in [0, 0.05) is 37.3 Å². The van der Waals surface area contributed by atoms with Gasteiger partial charge in [0.15, 0.2) is 0 Å². The molecule has 1 aliphatic heterocycles. The maximum Gasteiger partial charge on any atom is 0.251 e. The number of carbonyl (C=O) groups excluding carboxylic acids is 1. The predicted molar refractivity (Wildman–Crippen MR) is 124 cm³/mol. The first kappa shape index (κ1) is 24.2. The molecule has 1 heterocycles. The lowest BCUT2D eigenvalue weighted by molar-refractivity contribution is 0.0487. The van der Waals surface area contributed by atoms with Gasteiger partial charge in [0.1, 0.15) is 5.75 Å². The number of hydrogen-bond acceptors (Lipinski definition) is 5. The third-order valence-corrected chi connectivity index (χ3v) is 7.46. The van der Waals surface area contributed by atoms with Crippen LogP contribution in [0.4, 0.5) is 0 Å². The van der Waals surface area contributed by atoms with E-state index < -0.39 is 10.0 Å². The Bertz CT molecular complexity index is 1030. The summed E-state index contributed by atoms with van der Waals surface area (Å²) in [7, 11) is -3.64. The van der Waals surface area contributed by atoms with Gasteiger partial charge >= 0.3 is 0 Å². The van der Waals surface area contributed by atoms with E-state index in [1.165, 1.54) is 12.1 Å². The quantitative estimate of drug-likeness (QED) is 0.600. The molecule has 0 spiro atoms. The van der Waals surface area contributed by atoms with Gasteiger partial charge in [-0.25, -0.2) is 13.1 Å². The van der Waals surface area contributed by atoms with Gasteiger partial charge in [-0.2, -0.15) is 0 Å². The molecule has 8 heteroatoms. The highest BCUT2D eigenvalue weighted by Gasteiger charge is 2.35. The Morgan fingerprint density at radius 3 is 2.41 bits per heavy atom. The zero-order valence-corrected chi connectivity index (χ0v) is 19.8. The second kappa shape index (κ2) is 10.5. The Morgan fingerprint density at radius 1 is 1.09 bits per heavy atom. The fourth-order valence-electron chi connectivity index (χ4n) is 4.03. The molecule has 0 aliphatic carbocycles. The first-order chi connectivity index (χ1) is 15.3. The predicted octanol–water partition coefficient (Wildman–Crippen LogP) is 3.17. The summed E-state index contributed by atoms with van der Waals surface area (Å²) in [5.41, 5.74) is 1.96. The van der Waals surface area contributed by atoms with Crippen LogP contribution in [0.25, 0.3) is 0 Å². The zero-order chi connectivity index (χ0) is 23.2. The second-order valence-electron chi connectivity index (χ2n) is 8.01. The summed E-state index contributed by atoms with van der Waals surface area (Å²) >= 11 is 0. The smallest absolute Gasteiger partial charge is 0.251 e. The third kappa shape index (κ3) is 5.49. The summed E-state index contributed by atoms with van der Waals surface area (Å²) in [5, 5.41) is 3.06. The molecule has 0 bridgehead atoms. The van der Waals surface area contributed by atoms with Crippen molar-refractivity contribution >= 4 is 15.9 Å². The summed E-state index contributed by atoms with van der Waals surface area (Å²) in [5.74, 6) is 0.532. The van der Waals surface area contributed by atoms with Gasteiger partial charge in [0.25, 0.3) is 5.91 Å². The van der Waals surface area contributed by atoms with Crippen LogP contribution in [0.2, 0.25) is 0 Å². The molecule has 7 nitrogen and oxygen atoms in total. The van der Waals surface area contributed by atoms with Crippen LogP contribution in [-0.4, -0.2) is 47.2 Å². The van der Waals surface area contributed by atoms with Gasteiger partial charge in [0.2, 0.25) is 10.0 Å². The van der Waals surface area contributed by atoms with Crippen molar-refractivity contribution in [3.63, 3.8) is 0 Å². The topological polar surface area (TPSA) is 93.7 Å². The number of benzene rings is 2. The summed E-state index contributed by atoms with van der Waals surface area (Å²) in [6.45, 7) is 8.04. The summed E-state index contributed by atoms with van der Waals surface area (Å²) in [6, 6.07) is 12.6. The highest BCUT2D eigenvalue weighted by molar-refractivity contribution is 7.89. The molecule has 32 heavy (non-hydrogen) atoms. The van der Waals surface area contributed by atoms with Crippen LogP contribution in [0.1, 0.15) is 48.2 Å². The van der Waals surface area contributed by atoms with E-state index in [-0.39, 0.29) is 22.8 Å². The van der Waals surface area contributed by atoms with E-state index in [1.54, 1.807) is 19.9 Å². The average Bonchev–Trinajstić information content (AvgIpc) is 2.79. The number of ether oxygens (including phenoxy) is 2. The van der Waals surface area contributed by atoms with Gasteiger partial charge in [-0.1, -0.05) is 25.1 Å². The van der Waals surface area contributed by atoms with Gasteiger partial charge in [-0.3, -0.25) is 4.79 Å². The number of aryl methyl sites for hydroxylation is 1. The highest BCUT2D eigenvalue weighted by Crippen LogP contribution is 2.35. The van der Waals surface area contributed by atoms with Gasteiger partial charge in [-0.15, -0.1) is 0 Å². The summed E-state index contributed by atoms with van der Waals surface area (Å²) in [4.78, 5) is 13.2. The Hall–Kier alpha value is -2.42. The van der Waals surface area contributed by atoms with E-state index in [2.05, 4.69) is 22.2 Å². The summed E-state index contributed by atoms with van der Waals surface area (Å²) in [6.07, 6.45) is 1.57. The molecule has 1 aliphatic rings. The monoisotopic (exact) mass is 460 g/mol. The molecule has 2 aromatic carbocycles. The number of hydrogen-bond donors (Lipinski definition) is 2. The van der Waals surface area contributed by atoms with Gasteiger partial charge in [0.05, 0.1) is 11.5 Å². The van der Waals surface area contributed by atoms with Crippen molar-refractivity contribution in [3.8, 4) is 5.75 Å². The third-order valence-electron chi connectivity index (χ3n) is 5.91. The largest absolute Gasteiger partial charge is 0.494 e. The first-order valence-electron chi connectivity index (χ1n) is 11.0. The molecule has 2 aromatic rings. The minimum absolute atomic E-state index is 0.0855. The lowest BCUT2D eigenvalue weighted by Gasteiger charge is -2.38. The van der Waals surface area contributed by atoms with Crippen molar-refractivity contribution < 1.29 is 22.7 Å². The normalized spacial score (nSPS) is 15.8. The van der Waals surface area contributed by atoms with Crippen LogP contribution < -0.4 is 14.8 Å². The molecule has 1 fully saturated rings. The molecular weight excluding hydrogens is 428 g/mol. The zero-order valence-electron chi connectivity index (χ0n) is 18.9. The van der Waals surface area contributed by atoms with Crippen LogP contribution in [0, 0.1) is 6.92 Å². The minimum Gasteiger partial charge on any atom is -0.494 e. The minimum atomic E-state index is -3.64. The number of rotatable bonds is 9. The molecule has 1 saturated heterocycles. The van der Waals surface area contributed by atoms with E-state index in [4.69, 9.17) is 9.47 Å². The first-order valence-corrected chi connectivity index (χ1v) is 12.5. The van der Waals surface area contributed by atoms with E-state index in [0.29, 0.717) is 31.9 Å². The SMILES string of the molecule is CCNS(=O)(=O)c1ccc(C)c(C(=O)NCC2(c3ccc(OCC)cc3)CCOCC2)c1. The number of amides is 1. The molecule has 0 atom stereocenters. The standard InChI is InChI=1S/C24H32N2O5S/c1-4-26-32(28,29)21-11-6-18(3)22(16-21)23(27)25-17-24(12-14-30-15-13-24)19-7-9-20(10-8-19)31-5-2/h6-11,16,26H,4-5,12-15,17H2,1-3H3,(H,25,27). The molecule has 0 radical (unpaired) electrons. The molecule has 174 valence electrons. The number of nitrogens with one attached hydrogen (secondary N) is 2. The van der Waals surface area contributed by atoms with Crippen molar-refractivity contribution in [1.82, 2.24) is 10.0 Å². The van der Waals surface area contributed by atoms with Crippen molar-refractivity contribution in [1.29, 1.82) is 0 Å². The average molecular weight is 461 g/mol. The van der Waals surface area contributed by atoms with Crippen LogP contribution in [-0.2, 0) is 20.2 Å². The van der Waals surface area contributed by atoms with Crippen LogP contribution >= 0.6 is 0 Å². The van der Waals surface area contributed by atoms with E-state index >= 15 is 0 Å². The second-order valence-corrected chi connectivity index (χ2v) is 9.78. The molecular formula is C24H32N2O5S. The fraction of sp³-hybridized carbons (Fsp3) is 0.458. The Kier molecular flexibility index (Phi) is 7.92. The Labute approximate surface area is 190 Å². The Morgan fingerprint density at radius 2 is 1.78 bits per heavy atom. The lowest BCUT2D eigenvalue weighted by atomic mass is 9.74. The maximum absolute atomic E-state index is 13.1. The van der Waals surface area contributed by atoms with Crippen molar-refractivity contribution in [2.75, 3.05) is 32.9 Å². The van der Waals surface area contributed by atoms with E-state index in [1.807, 2.05) is 19.1 Å². The highest BCUT2D eigenvalue weighted by atomic mass is 32.2. The molecule has 0 aromatic heterocycles. The van der Waals surface area contributed by atoms with Crippen LogP contribution in [0.5, 0.6) is 5.75 Å². The maximum atomic E-state index is 13.1. The van der Waals surface area contributed by atoms with Gasteiger partial charge < -0.3 is 14.8 Å². The molecule has 2 N–H and O–H groups in total. The molecule has 0 unspecified atom stereocenters. The van der Waals surface area contributed by atoms with Crippen LogP contribution in [0.3, 0.4) is 0 Å². The molecule has 0 saturated carbocycles. The van der Waals surface area contributed by atoms with Crippen molar-refractivity contribution in [2.45, 2.75) is 43.9 Å². The van der Waals surface area contributed by atoms with Crippen molar-refractivity contribution in [3.05, 3.63) is 59.2 Å². The number of sulfonamides is 1.